The second-order valence-corrected chi connectivity index (χ2v) is 13.5. The van der Waals surface area contributed by atoms with Crippen molar-refractivity contribution in [3.63, 3.8) is 0 Å². The van der Waals surface area contributed by atoms with Crippen LogP contribution in [-0.2, 0) is 0 Å². The maximum atomic E-state index is 11.3. The molecule has 0 spiro atoms. The Bertz CT molecular complexity index is 789. The Morgan fingerprint density at radius 3 is 2.45 bits per heavy atom. The predicted octanol–water partition coefficient (Wildman–Crippen LogP) is 4.85. The summed E-state index contributed by atoms with van der Waals surface area (Å²) in [4.78, 5) is 0. The SMILES string of the molecule is CCC(O)(CC)CCS[C@@H](C)[C@H]1[C@@H](O)C[C@H]2C3=CC=C4C[C@@H](O)C[C@H](O)[C@]4(C)[C@H]3CC[C@]12C. The second kappa shape index (κ2) is 9.28. The molecule has 0 aromatic heterocycles. The zero-order valence-electron chi connectivity index (χ0n) is 21.3. The largest absolute Gasteiger partial charge is 0.393 e. The molecule has 3 fully saturated rings. The molecule has 0 bridgehead atoms. The monoisotopic (exact) mass is 478 g/mol. The number of rotatable bonds is 7. The van der Waals surface area contributed by atoms with E-state index in [0.717, 1.165) is 44.3 Å². The molecular weight excluding hydrogens is 432 g/mol. The zero-order chi connectivity index (χ0) is 24.2. The highest BCUT2D eigenvalue weighted by Crippen LogP contribution is 2.66. The summed E-state index contributed by atoms with van der Waals surface area (Å²) in [6.07, 6.45) is 9.60. The summed E-state index contributed by atoms with van der Waals surface area (Å²) in [5.74, 6) is 1.81. The summed E-state index contributed by atoms with van der Waals surface area (Å²) in [5, 5.41) is 43.6. The van der Waals surface area contributed by atoms with Gasteiger partial charge >= 0.3 is 0 Å². The lowest BCUT2D eigenvalue weighted by molar-refractivity contribution is -0.0534. The van der Waals surface area contributed by atoms with Gasteiger partial charge < -0.3 is 20.4 Å². The smallest absolute Gasteiger partial charge is 0.0661 e. The number of allylic oxidation sites excluding steroid dienone is 3. The molecule has 0 heterocycles. The second-order valence-electron chi connectivity index (χ2n) is 12.0. The van der Waals surface area contributed by atoms with Crippen LogP contribution in [-0.4, -0.2) is 55.3 Å². The number of aliphatic hydroxyl groups is 4. The molecule has 0 amide bonds. The lowest BCUT2D eigenvalue weighted by Gasteiger charge is -2.56. The van der Waals surface area contributed by atoms with E-state index in [-0.39, 0.29) is 22.9 Å². The van der Waals surface area contributed by atoms with Gasteiger partial charge in [0.25, 0.3) is 0 Å². The van der Waals surface area contributed by atoms with Crippen molar-refractivity contribution >= 4 is 11.8 Å². The first-order valence-corrected chi connectivity index (χ1v) is 14.3. The van der Waals surface area contributed by atoms with Gasteiger partial charge in [0.15, 0.2) is 0 Å². The minimum Gasteiger partial charge on any atom is -0.393 e. The van der Waals surface area contributed by atoms with Crippen LogP contribution in [0.5, 0.6) is 0 Å². The molecule has 188 valence electrons. The molecule has 4 nitrogen and oxygen atoms in total. The maximum Gasteiger partial charge on any atom is 0.0661 e. The van der Waals surface area contributed by atoms with Crippen LogP contribution in [0.4, 0.5) is 0 Å². The van der Waals surface area contributed by atoms with Gasteiger partial charge in [-0.05, 0) is 67.9 Å². The number of hydrogen-bond acceptors (Lipinski definition) is 5. The van der Waals surface area contributed by atoms with Crippen molar-refractivity contribution in [3.8, 4) is 0 Å². The first-order valence-electron chi connectivity index (χ1n) is 13.3. The van der Waals surface area contributed by atoms with Crippen LogP contribution >= 0.6 is 11.8 Å². The Labute approximate surface area is 204 Å². The minimum absolute atomic E-state index is 0.0564. The summed E-state index contributed by atoms with van der Waals surface area (Å²) in [6, 6.07) is 0. The van der Waals surface area contributed by atoms with Gasteiger partial charge in [0, 0.05) is 23.0 Å². The van der Waals surface area contributed by atoms with Gasteiger partial charge in [0.1, 0.15) is 0 Å². The Kier molecular flexibility index (Phi) is 7.24. The molecule has 4 aliphatic rings. The quantitative estimate of drug-likeness (QED) is 0.421. The summed E-state index contributed by atoms with van der Waals surface area (Å²) in [5.41, 5.74) is 1.83. The van der Waals surface area contributed by atoms with E-state index in [9.17, 15) is 20.4 Å². The van der Waals surface area contributed by atoms with Crippen LogP contribution in [0.1, 0.15) is 86.0 Å². The van der Waals surface area contributed by atoms with Crippen molar-refractivity contribution in [2.45, 2.75) is 115 Å². The van der Waals surface area contributed by atoms with Gasteiger partial charge in [-0.2, -0.15) is 11.8 Å². The number of fused-ring (bicyclic) bond motifs is 5. The lowest BCUT2D eigenvalue weighted by atomic mass is 9.49. The van der Waals surface area contributed by atoms with E-state index < -0.39 is 17.8 Å². The van der Waals surface area contributed by atoms with Crippen molar-refractivity contribution in [2.24, 2.45) is 28.6 Å². The molecule has 0 aliphatic heterocycles. The highest BCUT2D eigenvalue weighted by molar-refractivity contribution is 7.99. The van der Waals surface area contributed by atoms with Crippen LogP contribution in [0.3, 0.4) is 0 Å². The standard InChI is InChI=1S/C28H46O4S/c1-6-28(32,7-2)12-13-33-17(3)25-23(30)16-22-20-9-8-18-14-19(29)15-24(31)27(18,5)21(20)10-11-26(22,25)4/h8-9,17,19,21-25,29-32H,6-7,10-16H2,1-5H3/t17-,19+,21-,22-,23-,24-,25-,26-,27-/m0/s1. The van der Waals surface area contributed by atoms with Crippen LogP contribution < -0.4 is 0 Å². The molecular formula is C28H46O4S. The van der Waals surface area contributed by atoms with Crippen molar-refractivity contribution in [1.29, 1.82) is 0 Å². The van der Waals surface area contributed by atoms with Crippen molar-refractivity contribution in [2.75, 3.05) is 5.75 Å². The van der Waals surface area contributed by atoms with Crippen molar-refractivity contribution < 1.29 is 20.4 Å². The highest BCUT2D eigenvalue weighted by Gasteiger charge is 2.61. The van der Waals surface area contributed by atoms with Gasteiger partial charge in [-0.15, -0.1) is 0 Å². The van der Waals surface area contributed by atoms with Crippen LogP contribution in [0.15, 0.2) is 23.3 Å². The molecule has 0 radical (unpaired) electrons. The fourth-order valence-corrected chi connectivity index (χ4v) is 9.66. The molecule has 0 aromatic rings. The molecule has 4 aliphatic carbocycles. The summed E-state index contributed by atoms with van der Waals surface area (Å²) in [7, 11) is 0. The van der Waals surface area contributed by atoms with Crippen LogP contribution in [0, 0.1) is 28.6 Å². The summed E-state index contributed by atoms with van der Waals surface area (Å²) < 4.78 is 0. The summed E-state index contributed by atoms with van der Waals surface area (Å²) >= 11 is 1.92. The molecule has 9 atom stereocenters. The molecule has 0 unspecified atom stereocenters. The zero-order valence-corrected chi connectivity index (χ0v) is 22.1. The van der Waals surface area contributed by atoms with E-state index >= 15 is 0 Å². The Morgan fingerprint density at radius 2 is 1.79 bits per heavy atom. The fourth-order valence-electron chi connectivity index (χ4n) is 8.10. The first-order chi connectivity index (χ1) is 15.5. The van der Waals surface area contributed by atoms with E-state index in [1.54, 1.807) is 0 Å². The van der Waals surface area contributed by atoms with Crippen LogP contribution in [0.2, 0.25) is 0 Å². The summed E-state index contributed by atoms with van der Waals surface area (Å²) in [6.45, 7) is 11.0. The third-order valence-electron chi connectivity index (χ3n) is 10.5. The van der Waals surface area contributed by atoms with E-state index in [2.05, 4.69) is 46.8 Å². The van der Waals surface area contributed by atoms with Gasteiger partial charge in [-0.3, -0.25) is 0 Å². The first kappa shape index (κ1) is 25.8. The molecule has 0 aromatic carbocycles. The molecule has 3 saturated carbocycles. The van der Waals surface area contributed by atoms with Crippen molar-refractivity contribution in [1.82, 2.24) is 0 Å². The number of thioether (sulfide) groups is 1. The van der Waals surface area contributed by atoms with E-state index in [1.165, 1.54) is 11.1 Å². The predicted molar refractivity (Wildman–Crippen MR) is 136 cm³/mol. The Balaban J connectivity index is 1.53. The lowest BCUT2D eigenvalue weighted by Crippen LogP contribution is -2.52. The van der Waals surface area contributed by atoms with Gasteiger partial charge in [0.2, 0.25) is 0 Å². The third kappa shape index (κ3) is 4.18. The molecule has 0 saturated heterocycles. The average Bonchev–Trinajstić information content (AvgIpc) is 3.04. The third-order valence-corrected chi connectivity index (χ3v) is 11.8. The Hall–Kier alpha value is -0.330. The van der Waals surface area contributed by atoms with Crippen LogP contribution in [0.25, 0.3) is 0 Å². The Morgan fingerprint density at radius 1 is 1.09 bits per heavy atom. The molecule has 33 heavy (non-hydrogen) atoms. The molecule has 4 rings (SSSR count). The van der Waals surface area contributed by atoms with E-state index in [0.29, 0.717) is 29.9 Å². The van der Waals surface area contributed by atoms with Crippen molar-refractivity contribution in [3.05, 3.63) is 23.3 Å². The minimum atomic E-state index is -0.563. The fraction of sp³-hybridized carbons (Fsp3) is 0.857. The number of aliphatic hydroxyl groups excluding tert-OH is 3. The van der Waals surface area contributed by atoms with Gasteiger partial charge in [-0.25, -0.2) is 0 Å². The number of hydrogen-bond donors (Lipinski definition) is 4. The normalized spacial score (nSPS) is 43.8. The average molecular weight is 479 g/mol. The highest BCUT2D eigenvalue weighted by atomic mass is 32.2. The van der Waals surface area contributed by atoms with E-state index in [4.69, 9.17) is 0 Å². The maximum absolute atomic E-state index is 11.3. The van der Waals surface area contributed by atoms with Gasteiger partial charge in [-0.1, -0.05) is 57.9 Å². The molecule has 5 heteroatoms. The topological polar surface area (TPSA) is 80.9 Å². The van der Waals surface area contributed by atoms with E-state index in [1.807, 2.05) is 11.8 Å². The molecule has 4 N–H and O–H groups in total. The van der Waals surface area contributed by atoms with Gasteiger partial charge in [0.05, 0.1) is 23.9 Å².